The molecular weight excluding hydrogens is 162 g/mol. The monoisotopic (exact) mass is 173 g/mol. The number of nitrogens with one attached hydrogen (secondary N) is 2. The van der Waals surface area contributed by atoms with Crippen LogP contribution < -0.4 is 16.5 Å². The molecule has 0 bridgehead atoms. The van der Waals surface area contributed by atoms with E-state index < -0.39 is 5.91 Å². The van der Waals surface area contributed by atoms with Gasteiger partial charge in [-0.25, -0.2) is 5.48 Å². The van der Waals surface area contributed by atoms with Gasteiger partial charge in [-0.15, -0.1) is 0 Å². The first kappa shape index (κ1) is 8.95. The number of hydrogen-bond acceptors (Lipinski definition) is 4. The molecule has 1 fully saturated rings. The molecule has 1 saturated heterocycles. The van der Waals surface area contributed by atoms with Gasteiger partial charge < -0.3 is 11.1 Å². The van der Waals surface area contributed by atoms with Crippen molar-refractivity contribution in [3.8, 4) is 0 Å². The summed E-state index contributed by atoms with van der Waals surface area (Å²) < 4.78 is 0. The van der Waals surface area contributed by atoms with Gasteiger partial charge in [-0.05, 0) is 0 Å². The van der Waals surface area contributed by atoms with Crippen LogP contribution in [0.2, 0.25) is 0 Å². The van der Waals surface area contributed by atoms with Gasteiger partial charge in [-0.3, -0.25) is 14.4 Å². The molecule has 1 rings (SSSR count). The smallest absolute Gasteiger partial charge is 0.249 e. The number of amides is 2. The number of hydrogen-bond donors (Lipinski definition) is 3. The quantitative estimate of drug-likeness (QED) is 0.418. The second-order valence-corrected chi connectivity index (χ2v) is 2.58. The fourth-order valence-electron chi connectivity index (χ4n) is 0.736. The molecule has 68 valence electrons. The third kappa shape index (κ3) is 2.48. The van der Waals surface area contributed by atoms with Crippen molar-refractivity contribution in [2.24, 2.45) is 11.7 Å². The summed E-state index contributed by atoms with van der Waals surface area (Å²) in [6.07, 6.45) is 0. The predicted octanol–water partition coefficient (Wildman–Crippen LogP) is -2.26. The number of carbonyl (C=O) groups excluding carboxylic acids is 2. The maximum atomic E-state index is 11.0. The highest BCUT2D eigenvalue weighted by Gasteiger charge is 2.24. The average Bonchev–Trinajstić information content (AvgIpc) is 1.81. The van der Waals surface area contributed by atoms with Crippen molar-refractivity contribution in [2.45, 2.75) is 0 Å². The first-order chi connectivity index (χ1) is 5.70. The SMILES string of the molecule is NC(=O)CONC(=O)C1CNC1. The Morgan fingerprint density at radius 3 is 2.67 bits per heavy atom. The van der Waals surface area contributed by atoms with Crippen molar-refractivity contribution in [3.05, 3.63) is 0 Å². The average molecular weight is 173 g/mol. The van der Waals surface area contributed by atoms with E-state index in [1.807, 2.05) is 0 Å². The van der Waals surface area contributed by atoms with E-state index in [1.165, 1.54) is 0 Å². The van der Waals surface area contributed by atoms with E-state index in [0.29, 0.717) is 13.1 Å². The Bertz CT molecular complexity index is 190. The Morgan fingerprint density at radius 2 is 2.25 bits per heavy atom. The summed E-state index contributed by atoms with van der Waals surface area (Å²) in [5, 5.41) is 2.93. The van der Waals surface area contributed by atoms with Crippen molar-refractivity contribution in [1.29, 1.82) is 0 Å². The summed E-state index contributed by atoms with van der Waals surface area (Å²) in [5.41, 5.74) is 6.91. The fraction of sp³-hybridized carbons (Fsp3) is 0.667. The summed E-state index contributed by atoms with van der Waals surface area (Å²) in [6, 6.07) is 0. The van der Waals surface area contributed by atoms with E-state index >= 15 is 0 Å². The van der Waals surface area contributed by atoms with Gasteiger partial charge in [-0.2, -0.15) is 0 Å². The number of carbonyl (C=O) groups is 2. The van der Waals surface area contributed by atoms with Crippen LogP contribution in [0.15, 0.2) is 0 Å². The van der Waals surface area contributed by atoms with Crippen LogP contribution in [-0.2, 0) is 14.4 Å². The molecule has 0 aliphatic carbocycles. The van der Waals surface area contributed by atoms with Crippen LogP contribution in [0.1, 0.15) is 0 Å². The minimum absolute atomic E-state index is 0.0436. The lowest BCUT2D eigenvalue weighted by Crippen LogP contribution is -2.51. The molecule has 1 aliphatic rings. The Labute approximate surface area is 69.4 Å². The van der Waals surface area contributed by atoms with Gasteiger partial charge in [-0.1, -0.05) is 0 Å². The lowest BCUT2D eigenvalue weighted by atomic mass is 10.0. The highest BCUT2D eigenvalue weighted by atomic mass is 16.7. The predicted molar refractivity (Wildman–Crippen MR) is 39.6 cm³/mol. The summed E-state index contributed by atoms with van der Waals surface area (Å²) >= 11 is 0. The Kier molecular flexibility index (Phi) is 3.01. The number of nitrogens with two attached hydrogens (primary N) is 1. The number of rotatable bonds is 4. The molecule has 2 amide bonds. The summed E-state index contributed by atoms with van der Waals surface area (Å²) in [6.45, 7) is 1.03. The minimum Gasteiger partial charge on any atom is -0.368 e. The second kappa shape index (κ2) is 4.03. The van der Waals surface area contributed by atoms with Gasteiger partial charge in [0, 0.05) is 13.1 Å². The molecule has 12 heavy (non-hydrogen) atoms. The molecule has 0 aromatic heterocycles. The summed E-state index contributed by atoms with van der Waals surface area (Å²) in [7, 11) is 0. The molecule has 4 N–H and O–H groups in total. The molecule has 0 atom stereocenters. The molecule has 0 spiro atoms. The molecule has 0 aromatic rings. The minimum atomic E-state index is -0.609. The molecule has 0 radical (unpaired) electrons. The highest BCUT2D eigenvalue weighted by molar-refractivity contribution is 5.79. The van der Waals surface area contributed by atoms with E-state index in [4.69, 9.17) is 5.73 Å². The zero-order valence-corrected chi connectivity index (χ0v) is 6.50. The lowest BCUT2D eigenvalue weighted by Gasteiger charge is -2.25. The Morgan fingerprint density at radius 1 is 1.58 bits per heavy atom. The molecular formula is C6H11N3O3. The topological polar surface area (TPSA) is 93.5 Å². The summed E-state index contributed by atoms with van der Waals surface area (Å²) in [4.78, 5) is 25.7. The van der Waals surface area contributed by atoms with Gasteiger partial charge in [0.2, 0.25) is 11.8 Å². The zero-order valence-electron chi connectivity index (χ0n) is 6.50. The molecule has 0 aromatic carbocycles. The van der Waals surface area contributed by atoms with Gasteiger partial charge in [0.15, 0.2) is 6.61 Å². The van der Waals surface area contributed by atoms with Crippen LogP contribution in [0.5, 0.6) is 0 Å². The van der Waals surface area contributed by atoms with E-state index in [1.54, 1.807) is 0 Å². The van der Waals surface area contributed by atoms with Crippen LogP contribution in [0.25, 0.3) is 0 Å². The van der Waals surface area contributed by atoms with Crippen molar-refractivity contribution in [3.63, 3.8) is 0 Å². The van der Waals surface area contributed by atoms with Crippen LogP contribution in [-0.4, -0.2) is 31.5 Å². The first-order valence-electron chi connectivity index (χ1n) is 3.61. The lowest BCUT2D eigenvalue weighted by molar-refractivity contribution is -0.142. The molecule has 0 saturated carbocycles. The number of primary amides is 1. The standard InChI is InChI=1S/C6H11N3O3/c7-5(10)3-12-9-6(11)4-1-8-2-4/h4,8H,1-3H2,(H2,7,10)(H,9,11). The van der Waals surface area contributed by atoms with Crippen molar-refractivity contribution >= 4 is 11.8 Å². The van der Waals surface area contributed by atoms with E-state index in [-0.39, 0.29) is 18.4 Å². The maximum absolute atomic E-state index is 11.0. The first-order valence-corrected chi connectivity index (χ1v) is 3.61. The molecule has 1 aliphatic heterocycles. The maximum Gasteiger partial charge on any atom is 0.249 e. The van der Waals surface area contributed by atoms with E-state index in [2.05, 4.69) is 15.6 Å². The Hall–Kier alpha value is -1.14. The molecule has 0 unspecified atom stereocenters. The second-order valence-electron chi connectivity index (χ2n) is 2.58. The highest BCUT2D eigenvalue weighted by Crippen LogP contribution is 2.01. The van der Waals surface area contributed by atoms with Gasteiger partial charge in [0.25, 0.3) is 0 Å². The normalized spacial score (nSPS) is 16.7. The summed E-state index contributed by atoms with van der Waals surface area (Å²) in [5.74, 6) is -0.866. The van der Waals surface area contributed by atoms with E-state index in [0.717, 1.165) is 0 Å². The molecule has 6 nitrogen and oxygen atoms in total. The van der Waals surface area contributed by atoms with Crippen LogP contribution >= 0.6 is 0 Å². The van der Waals surface area contributed by atoms with E-state index in [9.17, 15) is 9.59 Å². The van der Waals surface area contributed by atoms with Crippen molar-refractivity contribution < 1.29 is 14.4 Å². The van der Waals surface area contributed by atoms with Crippen LogP contribution in [0.4, 0.5) is 0 Å². The molecule has 6 heteroatoms. The number of hydroxylamine groups is 1. The molecule has 1 heterocycles. The largest absolute Gasteiger partial charge is 0.368 e. The van der Waals surface area contributed by atoms with Gasteiger partial charge >= 0.3 is 0 Å². The van der Waals surface area contributed by atoms with Crippen LogP contribution in [0.3, 0.4) is 0 Å². The Balaban J connectivity index is 2.05. The van der Waals surface area contributed by atoms with Gasteiger partial charge in [0.1, 0.15) is 0 Å². The zero-order chi connectivity index (χ0) is 8.97. The van der Waals surface area contributed by atoms with Crippen molar-refractivity contribution in [1.82, 2.24) is 10.8 Å². The third-order valence-corrected chi connectivity index (χ3v) is 1.54. The fourth-order valence-corrected chi connectivity index (χ4v) is 0.736. The van der Waals surface area contributed by atoms with Crippen molar-refractivity contribution in [2.75, 3.05) is 19.7 Å². The van der Waals surface area contributed by atoms with Crippen LogP contribution in [0, 0.1) is 5.92 Å². The third-order valence-electron chi connectivity index (χ3n) is 1.54. The van der Waals surface area contributed by atoms with Gasteiger partial charge in [0.05, 0.1) is 5.92 Å².